The van der Waals surface area contributed by atoms with Gasteiger partial charge < -0.3 is 4.42 Å². The SMILES string of the molecule is CC(C)(C)c1nc(-c2ccc(-c3ccc4ccccc4c3)cc2)nc(-c2cccc3oc4ccccc4c23)n1. The van der Waals surface area contributed by atoms with E-state index < -0.39 is 0 Å². The molecule has 0 bridgehead atoms. The Labute approximate surface area is 227 Å². The third kappa shape index (κ3) is 4.15. The number of nitrogens with zero attached hydrogens (tertiary/aromatic N) is 3. The van der Waals surface area contributed by atoms with Crippen molar-refractivity contribution in [1.29, 1.82) is 0 Å². The van der Waals surface area contributed by atoms with Gasteiger partial charge >= 0.3 is 0 Å². The molecule has 0 unspecified atom stereocenters. The van der Waals surface area contributed by atoms with Crippen LogP contribution in [-0.2, 0) is 5.41 Å². The van der Waals surface area contributed by atoms with Crippen molar-refractivity contribution in [3.05, 3.63) is 115 Å². The van der Waals surface area contributed by atoms with Crippen molar-refractivity contribution in [2.24, 2.45) is 0 Å². The van der Waals surface area contributed by atoms with Gasteiger partial charge in [-0.1, -0.05) is 112 Å². The first kappa shape index (κ1) is 23.3. The molecule has 0 saturated heterocycles. The molecule has 7 rings (SSSR count). The van der Waals surface area contributed by atoms with Gasteiger partial charge in [-0.15, -0.1) is 0 Å². The Hall–Kier alpha value is -4.83. The summed E-state index contributed by atoms with van der Waals surface area (Å²) in [5.74, 6) is 2.08. The highest BCUT2D eigenvalue weighted by molar-refractivity contribution is 6.11. The molecule has 39 heavy (non-hydrogen) atoms. The fraction of sp³-hybridized carbons (Fsp3) is 0.114. The first-order chi connectivity index (χ1) is 18.9. The van der Waals surface area contributed by atoms with Crippen molar-refractivity contribution < 1.29 is 4.42 Å². The highest BCUT2D eigenvalue weighted by atomic mass is 16.3. The third-order valence-electron chi connectivity index (χ3n) is 7.18. The molecule has 0 saturated carbocycles. The molecule has 0 aliphatic carbocycles. The van der Waals surface area contributed by atoms with Gasteiger partial charge in [0.2, 0.25) is 0 Å². The predicted octanol–water partition coefficient (Wildman–Crippen LogP) is 9.22. The molecule has 0 N–H and O–H groups in total. The van der Waals surface area contributed by atoms with Gasteiger partial charge in [0.1, 0.15) is 17.0 Å². The van der Waals surface area contributed by atoms with E-state index in [1.54, 1.807) is 0 Å². The van der Waals surface area contributed by atoms with Crippen LogP contribution in [0.25, 0.3) is 66.6 Å². The van der Waals surface area contributed by atoms with Crippen LogP contribution in [0.4, 0.5) is 0 Å². The average Bonchev–Trinajstić information content (AvgIpc) is 3.35. The second-order valence-corrected chi connectivity index (χ2v) is 11.0. The average molecular weight is 506 g/mol. The molecule has 0 fully saturated rings. The fourth-order valence-electron chi connectivity index (χ4n) is 5.10. The number of hydrogen-bond acceptors (Lipinski definition) is 4. The minimum atomic E-state index is -0.246. The molecule has 5 aromatic carbocycles. The first-order valence-electron chi connectivity index (χ1n) is 13.2. The molecular weight excluding hydrogens is 478 g/mol. The lowest BCUT2D eigenvalue weighted by Gasteiger charge is -2.18. The van der Waals surface area contributed by atoms with Crippen LogP contribution in [0.2, 0.25) is 0 Å². The molecule has 0 spiro atoms. The highest BCUT2D eigenvalue weighted by Crippen LogP contribution is 2.36. The predicted molar refractivity (Wildman–Crippen MR) is 160 cm³/mol. The number of rotatable bonds is 3. The van der Waals surface area contributed by atoms with Crippen LogP contribution in [0.1, 0.15) is 26.6 Å². The molecule has 0 aliphatic rings. The molecule has 188 valence electrons. The Balaban J connectivity index is 1.36. The van der Waals surface area contributed by atoms with Crippen LogP contribution in [0.3, 0.4) is 0 Å². The third-order valence-corrected chi connectivity index (χ3v) is 7.18. The van der Waals surface area contributed by atoms with Crippen LogP contribution in [0.5, 0.6) is 0 Å². The second-order valence-electron chi connectivity index (χ2n) is 11.0. The number of hydrogen-bond donors (Lipinski definition) is 0. The van der Waals surface area contributed by atoms with Gasteiger partial charge in [0.25, 0.3) is 0 Å². The maximum absolute atomic E-state index is 6.14. The lowest BCUT2D eigenvalue weighted by atomic mass is 9.95. The summed E-state index contributed by atoms with van der Waals surface area (Å²) in [4.78, 5) is 14.9. The van der Waals surface area contributed by atoms with E-state index in [0.29, 0.717) is 11.6 Å². The van der Waals surface area contributed by atoms with Crippen molar-refractivity contribution in [1.82, 2.24) is 15.0 Å². The molecule has 2 heterocycles. The van der Waals surface area contributed by atoms with Crippen molar-refractivity contribution in [2.45, 2.75) is 26.2 Å². The van der Waals surface area contributed by atoms with Gasteiger partial charge in [-0.25, -0.2) is 15.0 Å². The minimum Gasteiger partial charge on any atom is -0.456 e. The van der Waals surface area contributed by atoms with Crippen LogP contribution in [0.15, 0.2) is 114 Å². The van der Waals surface area contributed by atoms with Gasteiger partial charge in [-0.3, -0.25) is 0 Å². The van der Waals surface area contributed by atoms with Crippen LogP contribution < -0.4 is 0 Å². The van der Waals surface area contributed by atoms with Crippen LogP contribution >= 0.6 is 0 Å². The molecular formula is C35H27N3O. The number of aromatic nitrogens is 3. The van der Waals surface area contributed by atoms with Crippen LogP contribution in [-0.4, -0.2) is 15.0 Å². The van der Waals surface area contributed by atoms with E-state index in [1.165, 1.54) is 16.3 Å². The molecule has 7 aromatic rings. The van der Waals surface area contributed by atoms with E-state index in [-0.39, 0.29) is 5.41 Å². The molecule has 0 aliphatic heterocycles. The minimum absolute atomic E-state index is 0.246. The van der Waals surface area contributed by atoms with Gasteiger partial charge in [0.05, 0.1) is 0 Å². The number of furan rings is 1. The summed E-state index contributed by atoms with van der Waals surface area (Å²) in [5.41, 5.74) is 5.68. The summed E-state index contributed by atoms with van der Waals surface area (Å²) < 4.78 is 6.14. The molecule has 2 aromatic heterocycles. The van der Waals surface area contributed by atoms with Gasteiger partial charge in [-0.2, -0.15) is 0 Å². The van der Waals surface area contributed by atoms with Crippen molar-refractivity contribution >= 4 is 32.7 Å². The summed E-state index contributed by atoms with van der Waals surface area (Å²) >= 11 is 0. The number of para-hydroxylation sites is 1. The standard InChI is InChI=1S/C35H27N3O/c1-35(2,3)34-37-32(24-18-15-23(16-19-24)26-20-17-22-9-4-5-10-25(22)21-26)36-33(38-34)28-12-8-14-30-31(28)27-11-6-7-13-29(27)39-30/h4-21H,1-3H3. The Morgan fingerprint density at radius 2 is 1.21 bits per heavy atom. The molecule has 4 heteroatoms. The Bertz CT molecular complexity index is 2000. The topological polar surface area (TPSA) is 51.8 Å². The molecule has 0 amide bonds. The monoisotopic (exact) mass is 505 g/mol. The Kier molecular flexibility index (Phi) is 5.31. The normalized spacial score (nSPS) is 12.0. The van der Waals surface area contributed by atoms with Crippen molar-refractivity contribution in [2.75, 3.05) is 0 Å². The maximum atomic E-state index is 6.14. The summed E-state index contributed by atoms with van der Waals surface area (Å²) in [6, 6.07) is 37.7. The fourth-order valence-corrected chi connectivity index (χ4v) is 5.10. The molecule has 0 atom stereocenters. The lowest BCUT2D eigenvalue weighted by Crippen LogP contribution is -2.18. The van der Waals surface area contributed by atoms with E-state index in [0.717, 1.165) is 44.5 Å². The quantitative estimate of drug-likeness (QED) is 0.240. The smallest absolute Gasteiger partial charge is 0.164 e. The van der Waals surface area contributed by atoms with Crippen molar-refractivity contribution in [3.8, 4) is 33.9 Å². The summed E-state index contributed by atoms with van der Waals surface area (Å²) in [6.45, 7) is 6.39. The number of fused-ring (bicyclic) bond motifs is 4. The molecule has 4 nitrogen and oxygen atoms in total. The van der Waals surface area contributed by atoms with E-state index in [4.69, 9.17) is 19.4 Å². The Morgan fingerprint density at radius 3 is 2.03 bits per heavy atom. The zero-order chi connectivity index (χ0) is 26.6. The van der Waals surface area contributed by atoms with Crippen LogP contribution in [0, 0.1) is 0 Å². The summed E-state index contributed by atoms with van der Waals surface area (Å²) in [7, 11) is 0. The zero-order valence-electron chi connectivity index (χ0n) is 22.1. The second kappa shape index (κ2) is 8.88. The highest BCUT2D eigenvalue weighted by Gasteiger charge is 2.22. The lowest BCUT2D eigenvalue weighted by molar-refractivity contribution is 0.543. The Morgan fingerprint density at radius 1 is 0.538 bits per heavy atom. The van der Waals surface area contributed by atoms with Crippen molar-refractivity contribution in [3.63, 3.8) is 0 Å². The van der Waals surface area contributed by atoms with E-state index in [1.807, 2.05) is 30.3 Å². The summed E-state index contributed by atoms with van der Waals surface area (Å²) in [6.07, 6.45) is 0. The largest absolute Gasteiger partial charge is 0.456 e. The number of benzene rings is 5. The van der Waals surface area contributed by atoms with E-state index in [2.05, 4.69) is 99.6 Å². The first-order valence-corrected chi connectivity index (χ1v) is 13.2. The van der Waals surface area contributed by atoms with Gasteiger partial charge in [-0.05, 0) is 40.1 Å². The zero-order valence-corrected chi connectivity index (χ0v) is 22.1. The van der Waals surface area contributed by atoms with E-state index >= 15 is 0 Å². The maximum Gasteiger partial charge on any atom is 0.164 e. The van der Waals surface area contributed by atoms with Gasteiger partial charge in [0, 0.05) is 27.3 Å². The summed E-state index contributed by atoms with van der Waals surface area (Å²) in [5, 5.41) is 4.56. The van der Waals surface area contributed by atoms with E-state index in [9.17, 15) is 0 Å². The van der Waals surface area contributed by atoms with Gasteiger partial charge in [0.15, 0.2) is 11.6 Å². The molecule has 0 radical (unpaired) electrons.